The predicted molar refractivity (Wildman–Crippen MR) is 157 cm³/mol. The Labute approximate surface area is 215 Å². The van der Waals surface area contributed by atoms with Crippen LogP contribution in [0.15, 0.2) is 152 Å². The second-order valence-corrected chi connectivity index (χ2v) is 49.3. The quantitative estimate of drug-likeness (QED) is 0.220. The number of benzene rings is 5. The van der Waals surface area contributed by atoms with Crippen molar-refractivity contribution in [2.24, 2.45) is 0 Å². The first kappa shape index (κ1) is 23.9. The van der Waals surface area contributed by atoms with E-state index in [2.05, 4.69) is 158 Å². The van der Waals surface area contributed by atoms with Crippen LogP contribution in [0.2, 0.25) is 0 Å². The molecule has 0 nitrogen and oxygen atoms in total. The van der Waals surface area contributed by atoms with E-state index in [0.717, 1.165) is 0 Å². The summed E-state index contributed by atoms with van der Waals surface area (Å²) in [5, 5.41) is 0. The van der Waals surface area contributed by atoms with Crippen molar-refractivity contribution in [3.05, 3.63) is 152 Å². The van der Waals surface area contributed by atoms with E-state index in [1.54, 1.807) is 0 Å². The summed E-state index contributed by atoms with van der Waals surface area (Å²) in [6.07, 6.45) is 0. The van der Waals surface area contributed by atoms with Gasteiger partial charge < -0.3 is 0 Å². The maximum atomic E-state index is 6.87. The van der Waals surface area contributed by atoms with E-state index >= 15 is 0 Å². The van der Waals surface area contributed by atoms with Crippen molar-refractivity contribution in [3.8, 4) is 0 Å². The first-order valence-electron chi connectivity index (χ1n) is 11.3. The summed E-state index contributed by atoms with van der Waals surface area (Å²) in [5.74, 6) is 0. The van der Waals surface area contributed by atoms with Gasteiger partial charge in [0.25, 0.3) is 0 Å². The maximum absolute atomic E-state index is 6.87. The minimum atomic E-state index is -3.79. The Bertz CT molecular complexity index is 1240. The molecule has 0 saturated heterocycles. The topological polar surface area (TPSA) is 0 Å². The number of hydrogen-bond donors (Lipinski definition) is 0. The zero-order chi connectivity index (χ0) is 23.3. The van der Waals surface area contributed by atoms with Crippen LogP contribution in [0.1, 0.15) is 0 Å². The first-order chi connectivity index (χ1) is 16.7. The standard InChI is InChI=1S/C12H11AsS2.3C6H5.Pb/c14-13(15,11-7-3-1-4-8-11)12-9-5-2-6-10-12;3*1-2-4-6-5-3-1;/h1-10H,(H,14,15);3*1-5H;/q;;;;+1/p-1. The van der Waals surface area contributed by atoms with Gasteiger partial charge in [-0.2, -0.15) is 0 Å². The molecule has 0 unspecified atom stereocenters. The van der Waals surface area contributed by atoms with Crippen molar-refractivity contribution in [2.45, 2.75) is 0 Å². The molecule has 0 aliphatic carbocycles. The van der Waals surface area contributed by atoms with Crippen molar-refractivity contribution in [3.63, 3.8) is 0 Å². The monoisotopic (exact) mass is 732 g/mol. The van der Waals surface area contributed by atoms with Gasteiger partial charge in [0.1, 0.15) is 0 Å². The van der Waals surface area contributed by atoms with E-state index in [4.69, 9.17) is 10.4 Å². The molecule has 0 aliphatic rings. The summed E-state index contributed by atoms with van der Waals surface area (Å²) in [4.78, 5) is 0. The Morgan fingerprint density at radius 2 is 0.676 bits per heavy atom. The van der Waals surface area contributed by atoms with Gasteiger partial charge in [0.05, 0.1) is 0 Å². The summed E-state index contributed by atoms with van der Waals surface area (Å²) in [6, 6.07) is 55.4. The zero-order valence-electron chi connectivity index (χ0n) is 18.7. The molecule has 0 bridgehead atoms. The molecule has 0 atom stereocenters. The molecular weight excluding hydrogens is 707 g/mol. The van der Waals surface area contributed by atoms with E-state index in [1.165, 1.54) is 18.1 Å². The average molecular weight is 732 g/mol. The molecule has 0 saturated carbocycles. The van der Waals surface area contributed by atoms with Crippen LogP contribution < -0.4 is 18.1 Å². The van der Waals surface area contributed by atoms with Crippen molar-refractivity contribution >= 4 is 65.4 Å². The van der Waals surface area contributed by atoms with Crippen molar-refractivity contribution in [1.29, 1.82) is 0 Å². The Morgan fingerprint density at radius 1 is 0.412 bits per heavy atom. The second kappa shape index (κ2) is 10.8. The van der Waals surface area contributed by atoms with Gasteiger partial charge >= 0.3 is 217 Å². The van der Waals surface area contributed by atoms with Crippen LogP contribution in [0.5, 0.6) is 0 Å². The Balaban J connectivity index is 1.84. The molecular formula is C30H25AsPbS2. The predicted octanol–water partition coefficient (Wildman–Crippen LogP) is 4.84. The van der Waals surface area contributed by atoms with Crippen molar-refractivity contribution < 1.29 is 0 Å². The van der Waals surface area contributed by atoms with E-state index in [1.807, 2.05) is 0 Å². The van der Waals surface area contributed by atoms with Crippen LogP contribution in [-0.2, 0) is 0 Å². The van der Waals surface area contributed by atoms with Gasteiger partial charge in [0.2, 0.25) is 0 Å². The van der Waals surface area contributed by atoms with Crippen LogP contribution >= 0.6 is 17.0 Å². The fraction of sp³-hybridized carbons (Fsp3) is 0. The fourth-order valence-electron chi connectivity index (χ4n) is 4.37. The van der Waals surface area contributed by atoms with E-state index in [9.17, 15) is 0 Å². The summed E-state index contributed by atoms with van der Waals surface area (Å²) in [6.45, 7) is 2.21. The third-order valence-corrected chi connectivity index (χ3v) is 80.3. The van der Waals surface area contributed by atoms with E-state index in [0.29, 0.717) is 0 Å². The Kier molecular flexibility index (Phi) is 7.60. The Morgan fingerprint density at radius 3 is 0.971 bits per heavy atom. The van der Waals surface area contributed by atoms with Gasteiger partial charge in [-0.05, 0) is 0 Å². The van der Waals surface area contributed by atoms with E-state index in [-0.39, 0.29) is 0 Å². The van der Waals surface area contributed by atoms with E-state index < -0.39 is 30.4 Å². The molecule has 0 heterocycles. The van der Waals surface area contributed by atoms with Crippen LogP contribution in [0, 0.1) is 0 Å². The second-order valence-electron chi connectivity index (χ2n) is 8.09. The molecule has 5 aromatic rings. The van der Waals surface area contributed by atoms with Gasteiger partial charge in [0.15, 0.2) is 0 Å². The minimum absolute atomic E-state index is 1.33. The molecule has 166 valence electrons. The van der Waals surface area contributed by atoms with Crippen LogP contribution in [0.4, 0.5) is 0 Å². The fourth-order valence-corrected chi connectivity index (χ4v) is 102. The van der Waals surface area contributed by atoms with Crippen molar-refractivity contribution in [2.75, 3.05) is 0 Å². The van der Waals surface area contributed by atoms with Crippen LogP contribution in [0.3, 0.4) is 0 Å². The van der Waals surface area contributed by atoms with Crippen molar-refractivity contribution in [1.82, 2.24) is 0 Å². The molecule has 0 amide bonds. The average Bonchev–Trinajstić information content (AvgIpc) is 2.94. The van der Waals surface area contributed by atoms with Gasteiger partial charge in [0, 0.05) is 0 Å². The van der Waals surface area contributed by atoms with Crippen LogP contribution in [0.25, 0.3) is 0 Å². The molecule has 0 aliphatic heterocycles. The molecule has 0 spiro atoms. The van der Waals surface area contributed by atoms with Crippen LogP contribution in [-0.4, -0.2) is 30.4 Å². The molecule has 5 aromatic carbocycles. The number of rotatable bonds is 7. The zero-order valence-corrected chi connectivity index (χ0v) is 26.1. The molecule has 0 radical (unpaired) electrons. The molecule has 0 fully saturated rings. The SMILES string of the molecule is S=[As]([S][Pb]([c]1ccccc1)([c]1ccccc1)[c]1ccccc1)(c1ccccc1)c1ccccc1. The molecule has 4 heteroatoms. The normalized spacial score (nSPS) is 11.8. The first-order valence-corrected chi connectivity index (χ1v) is 29.5. The van der Waals surface area contributed by atoms with Gasteiger partial charge in [-0.1, -0.05) is 0 Å². The van der Waals surface area contributed by atoms with Gasteiger partial charge in [-0.25, -0.2) is 0 Å². The van der Waals surface area contributed by atoms with Gasteiger partial charge in [-0.3, -0.25) is 0 Å². The Hall–Kier alpha value is -1.85. The summed E-state index contributed by atoms with van der Waals surface area (Å²) >= 11 is -3.79. The summed E-state index contributed by atoms with van der Waals surface area (Å²) < 4.78 is 7.08. The third kappa shape index (κ3) is 4.66. The number of hydrogen-bond acceptors (Lipinski definition) is 2. The van der Waals surface area contributed by atoms with Gasteiger partial charge in [-0.15, -0.1) is 0 Å². The molecule has 5 rings (SSSR count). The third-order valence-electron chi connectivity index (χ3n) is 6.00. The molecule has 0 aromatic heterocycles. The summed E-state index contributed by atoms with van der Waals surface area (Å²) in [7, 11) is 3.82. The molecule has 0 N–H and O–H groups in total. The summed E-state index contributed by atoms with van der Waals surface area (Å²) in [5.41, 5.74) is 0. The molecule has 34 heavy (non-hydrogen) atoms.